The van der Waals surface area contributed by atoms with Crippen molar-refractivity contribution in [2.75, 3.05) is 26.4 Å². The molecular formula is C81H75BBrClN6O13S5. The van der Waals surface area contributed by atoms with Gasteiger partial charge in [0.2, 0.25) is 5.78 Å². The number of carbonyl (C=O) groups is 6. The lowest BCUT2D eigenvalue weighted by atomic mass is 9.78. The number of esters is 2. The number of aldehydes is 2. The summed E-state index contributed by atoms with van der Waals surface area (Å²) in [5.74, 6) is 8.06. The Morgan fingerprint density at radius 2 is 1.09 bits per heavy atom. The van der Waals surface area contributed by atoms with Crippen LogP contribution < -0.4 is 14.9 Å². The molecule has 27 heteroatoms. The van der Waals surface area contributed by atoms with Crippen LogP contribution in [0.15, 0.2) is 192 Å². The van der Waals surface area contributed by atoms with E-state index < -0.39 is 5.97 Å². The lowest BCUT2D eigenvalue weighted by Crippen LogP contribution is -2.41. The van der Waals surface area contributed by atoms with Crippen LogP contribution >= 0.6 is 84.2 Å². The lowest BCUT2D eigenvalue weighted by molar-refractivity contribution is 0.00578. The van der Waals surface area contributed by atoms with E-state index in [1.165, 1.54) is 33.8 Å². The van der Waals surface area contributed by atoms with Crippen molar-refractivity contribution in [2.45, 2.75) is 71.2 Å². The number of nitrogens with zero attached hydrogens (tertiary/aromatic N) is 6. The van der Waals surface area contributed by atoms with Gasteiger partial charge in [-0.05, 0) is 215 Å². The highest BCUT2D eigenvalue weighted by atomic mass is 79.9. The first-order valence-corrected chi connectivity index (χ1v) is 39.5. The minimum absolute atomic E-state index is 0.0216. The third-order valence-electron chi connectivity index (χ3n) is 16.9. The number of Topliss-reactive ketones (excluding diaryl/α,β-unsaturated/α-hetero) is 1. The van der Waals surface area contributed by atoms with E-state index in [4.69, 9.17) is 51.4 Å². The van der Waals surface area contributed by atoms with Crippen LogP contribution in [0, 0.1) is 24.2 Å². The SMILES string of the molecule is C#CCOC(=O)c1ccccc1.CC1(C)OB(c2ccc3c(c2)CCCO3)OC1(C)C.Cn1nc(-c2ccsc2)c(-c2ccc3c(c2)CCCO3)c1C=O.Cn1nc(-c2ccsc2)c(Br)c1C=O.Cn1nc(-c2ccsc2)cc1CO.O=C(C#CCOC(=O)c1ccccc1)c1ccsc1.O=C(Cl)c1ccsc1. The van der Waals surface area contributed by atoms with Gasteiger partial charge in [-0.25, -0.2) is 9.59 Å². The van der Waals surface area contributed by atoms with E-state index in [-0.39, 0.29) is 55.1 Å². The summed E-state index contributed by atoms with van der Waals surface area (Å²) in [6.07, 6.45) is 10.8. The Morgan fingerprint density at radius 1 is 0.593 bits per heavy atom. The number of ether oxygens (including phenoxy) is 4. The average molecular weight is 1630 g/mol. The van der Waals surface area contributed by atoms with Gasteiger partial charge in [-0.2, -0.15) is 72.0 Å². The largest absolute Gasteiger partial charge is 0.494 e. The second-order valence-corrected chi connectivity index (χ2v) is 29.7. The van der Waals surface area contributed by atoms with Gasteiger partial charge in [0.25, 0.3) is 5.24 Å². The number of hydrogen-bond acceptors (Lipinski definition) is 21. The van der Waals surface area contributed by atoms with Crippen molar-refractivity contribution < 1.29 is 62.1 Å². The van der Waals surface area contributed by atoms with Crippen molar-refractivity contribution in [1.82, 2.24) is 29.3 Å². The zero-order valence-corrected chi connectivity index (χ0v) is 66.4. The van der Waals surface area contributed by atoms with Gasteiger partial charge in [0.1, 0.15) is 34.3 Å². The van der Waals surface area contributed by atoms with Crippen LogP contribution in [0.3, 0.4) is 0 Å². The number of aliphatic hydroxyl groups is 1. The zero-order chi connectivity index (χ0) is 77.2. The molecule has 0 aliphatic carbocycles. The Kier molecular flexibility index (Phi) is 30.7. The van der Waals surface area contributed by atoms with E-state index >= 15 is 0 Å². The summed E-state index contributed by atoms with van der Waals surface area (Å²) in [4.78, 5) is 66.8. The minimum Gasteiger partial charge on any atom is -0.493 e. The van der Waals surface area contributed by atoms with Gasteiger partial charge >= 0.3 is 19.1 Å². The number of thiophene rings is 5. The molecule has 1 fully saturated rings. The molecule has 0 amide bonds. The van der Waals surface area contributed by atoms with Gasteiger partial charge in [0, 0.05) is 81.4 Å². The predicted octanol–water partition coefficient (Wildman–Crippen LogP) is 17.0. The molecule has 4 aromatic carbocycles. The molecule has 1 N–H and O–H groups in total. The number of fused-ring (bicyclic) bond motifs is 2. The molecule has 3 aliphatic rings. The highest BCUT2D eigenvalue weighted by Gasteiger charge is 2.52. The molecule has 0 atom stereocenters. The molecular weight excluding hydrogens is 1550 g/mol. The molecule has 0 saturated carbocycles. The Bertz CT molecular complexity index is 5030. The van der Waals surface area contributed by atoms with Crippen molar-refractivity contribution in [3.05, 3.63) is 242 Å². The third kappa shape index (κ3) is 22.4. The first-order chi connectivity index (χ1) is 52.1. The van der Waals surface area contributed by atoms with Crippen molar-refractivity contribution in [2.24, 2.45) is 21.1 Å². The molecule has 0 unspecified atom stereocenters. The summed E-state index contributed by atoms with van der Waals surface area (Å²) in [5.41, 5.74) is 14.8. The van der Waals surface area contributed by atoms with Gasteiger partial charge < -0.3 is 33.4 Å². The van der Waals surface area contributed by atoms with Gasteiger partial charge in [-0.1, -0.05) is 66.4 Å². The molecule has 3 aliphatic heterocycles. The Hall–Kier alpha value is -9.94. The van der Waals surface area contributed by atoms with Gasteiger partial charge in [0.15, 0.2) is 25.8 Å². The van der Waals surface area contributed by atoms with Gasteiger partial charge in [0.05, 0.1) is 58.0 Å². The van der Waals surface area contributed by atoms with Crippen molar-refractivity contribution in [3.8, 4) is 80.6 Å². The van der Waals surface area contributed by atoms with E-state index in [9.17, 15) is 28.8 Å². The summed E-state index contributed by atoms with van der Waals surface area (Å²) in [5, 5.41) is 40.9. The number of carbonyl (C=O) groups excluding carboxylic acids is 6. The van der Waals surface area contributed by atoms with Gasteiger partial charge in [-0.3, -0.25) is 33.2 Å². The van der Waals surface area contributed by atoms with E-state index in [1.54, 1.807) is 127 Å². The number of terminal acetylenes is 1. The maximum absolute atomic E-state index is 11.6. The molecule has 1 saturated heterocycles. The lowest BCUT2D eigenvalue weighted by Gasteiger charge is -2.32. The molecule has 15 rings (SSSR count). The third-order valence-corrected chi connectivity index (χ3v) is 21.3. The van der Waals surface area contributed by atoms with E-state index in [2.05, 4.69) is 94.2 Å². The second-order valence-electron chi connectivity index (χ2n) is 24.7. The monoisotopic (exact) mass is 1620 g/mol. The fraction of sp³-hybridized carbons (Fsp3) is 0.222. The standard InChI is InChI=1S/C18H16N2O2S.C15H21BO3.C15H10O3S.C10H8O2.C9H7BrN2OS.C9H10N2OS.C5H3ClOS/c1-20-15(10-21)17(18(19-20)14-6-8-23-11-14)13-4-5-16-12(9-13)3-2-7-22-16;1-14(2)15(3,4)19-16(18-14)12-7-8-13-11(10-12)6-5-9-17-13;16-14(13-8-10-19-11-13)7-4-9-18-15(17)12-5-2-1-3-6-12;1-2-8-12-10(11)9-6-4-3-5-7-9;1-12-7(4-13)8(10)9(11-12)6-2-3-14-5-6;1-11-8(5-12)4-9(10-11)7-2-3-13-6-7;6-5(7)4-1-2-8-3-4/h4-6,8-11H,2-3,7H2,1H3;7-8,10H,5-6,9H2,1-4H3;1-3,5-6,8,10-11H,9H2;1,3-7H,8H2;2-5H,1H3;2-4,6,12H,5H2,1H3;1-3H. The molecule has 0 bridgehead atoms. The number of halogens is 2. The van der Waals surface area contributed by atoms with E-state index in [0.29, 0.717) is 33.6 Å². The Labute approximate surface area is 660 Å². The predicted molar refractivity (Wildman–Crippen MR) is 432 cm³/mol. The molecule has 11 heterocycles. The number of benzene rings is 4. The highest BCUT2D eigenvalue weighted by Crippen LogP contribution is 2.39. The fourth-order valence-corrected chi connectivity index (χ4v) is 14.5. The summed E-state index contributed by atoms with van der Waals surface area (Å²) in [7, 11) is 5.12. The average Bonchev–Trinajstić information content (AvgIpc) is 1.62. The molecule has 0 radical (unpaired) electrons. The first-order valence-electron chi connectivity index (χ1n) is 33.6. The first kappa shape index (κ1) is 82.1. The maximum atomic E-state index is 11.6. The maximum Gasteiger partial charge on any atom is 0.494 e. The second kappa shape index (κ2) is 40.3. The summed E-state index contributed by atoms with van der Waals surface area (Å²) in [6, 6.07) is 41.1. The molecule has 19 nitrogen and oxygen atoms in total. The molecule has 108 heavy (non-hydrogen) atoms. The number of aryl methyl sites for hydroxylation is 5. The van der Waals surface area contributed by atoms with Crippen molar-refractivity contribution in [1.29, 1.82) is 0 Å². The number of aliphatic hydroxyl groups excluding tert-OH is 1. The minimum atomic E-state index is -0.446. The quantitative estimate of drug-likeness (QED) is 0.0203. The topological polar surface area (TPSA) is 231 Å². The molecule has 8 aromatic heterocycles. The zero-order valence-electron chi connectivity index (χ0n) is 60.0. The Balaban J connectivity index is 0.000000148. The van der Waals surface area contributed by atoms with Crippen molar-refractivity contribution >= 4 is 132 Å². The molecule has 0 spiro atoms. The van der Waals surface area contributed by atoms with Crippen molar-refractivity contribution in [3.63, 3.8) is 0 Å². The van der Waals surface area contributed by atoms with Crippen LogP contribution in [-0.4, -0.2) is 115 Å². The van der Waals surface area contributed by atoms with Crippen LogP contribution in [0.25, 0.3) is 44.9 Å². The number of rotatable bonds is 14. The van der Waals surface area contributed by atoms with Crippen LogP contribution in [0.1, 0.15) is 120 Å². The van der Waals surface area contributed by atoms with Crippen LogP contribution in [-0.2, 0) is 59.4 Å². The van der Waals surface area contributed by atoms with Gasteiger partial charge in [-0.15, -0.1) is 6.42 Å². The number of ketones is 1. The summed E-state index contributed by atoms with van der Waals surface area (Å²) >= 11 is 16.3. The Morgan fingerprint density at radius 3 is 1.58 bits per heavy atom. The van der Waals surface area contributed by atoms with Crippen LogP contribution in [0.4, 0.5) is 0 Å². The molecule has 12 aromatic rings. The smallest absolute Gasteiger partial charge is 0.493 e. The van der Waals surface area contributed by atoms with Crippen LogP contribution in [0.2, 0.25) is 0 Å². The van der Waals surface area contributed by atoms with E-state index in [0.717, 1.165) is 123 Å². The number of hydrogen-bond donors (Lipinski definition) is 1. The molecule has 554 valence electrons. The fourth-order valence-electron chi connectivity index (χ4n) is 10.5. The van der Waals surface area contributed by atoms with Crippen LogP contribution in [0.5, 0.6) is 11.5 Å². The normalized spacial score (nSPS) is 13.0. The number of aromatic nitrogens is 6. The summed E-state index contributed by atoms with van der Waals surface area (Å²) in [6.45, 7) is 9.87. The highest BCUT2D eigenvalue weighted by molar-refractivity contribution is 9.10. The van der Waals surface area contributed by atoms with E-state index in [1.807, 2.05) is 112 Å². The summed E-state index contributed by atoms with van der Waals surface area (Å²) < 4.78 is 38.8.